The van der Waals surface area contributed by atoms with Gasteiger partial charge in [0.1, 0.15) is 5.54 Å². The summed E-state index contributed by atoms with van der Waals surface area (Å²) < 4.78 is 5.24. The molecule has 2 heterocycles. The van der Waals surface area contributed by atoms with E-state index in [2.05, 4.69) is 0 Å². The van der Waals surface area contributed by atoms with Crippen molar-refractivity contribution in [1.82, 2.24) is 4.90 Å². The summed E-state index contributed by atoms with van der Waals surface area (Å²) in [5.74, 6) is -0.885. The molecule has 3 N–H and O–H groups in total. The molecule has 19 heavy (non-hydrogen) atoms. The lowest BCUT2D eigenvalue weighted by atomic mass is 9.92. The van der Waals surface area contributed by atoms with Crippen LogP contribution in [0, 0.1) is 0 Å². The Balaban J connectivity index is 2.01. The molecule has 6 nitrogen and oxygen atoms in total. The number of nitrogens with two attached hydrogens (primary N) is 1. The third-order valence-corrected chi connectivity index (χ3v) is 4.06. The lowest BCUT2D eigenvalue weighted by Gasteiger charge is -2.39. The Labute approximate surface area is 112 Å². The molecule has 2 rings (SSSR count). The largest absolute Gasteiger partial charge is 0.481 e. The molecule has 0 aromatic carbocycles. The van der Waals surface area contributed by atoms with Crippen molar-refractivity contribution < 1.29 is 19.4 Å². The van der Waals surface area contributed by atoms with Crippen LogP contribution in [0.4, 0.5) is 0 Å². The van der Waals surface area contributed by atoms with Gasteiger partial charge in [0.25, 0.3) is 0 Å². The number of hydrogen-bond acceptors (Lipinski definition) is 4. The first-order valence-corrected chi connectivity index (χ1v) is 6.92. The summed E-state index contributed by atoms with van der Waals surface area (Å²) in [6, 6.07) is 0.0124. The fraction of sp³-hybridized carbons (Fsp3) is 0.846. The van der Waals surface area contributed by atoms with Crippen molar-refractivity contribution in [3.63, 3.8) is 0 Å². The number of aliphatic carboxylic acids is 1. The van der Waals surface area contributed by atoms with Gasteiger partial charge in [0.2, 0.25) is 5.91 Å². The molecule has 0 saturated carbocycles. The smallest absolute Gasteiger partial charge is 0.303 e. The molecule has 2 fully saturated rings. The summed E-state index contributed by atoms with van der Waals surface area (Å²) in [7, 11) is 0. The van der Waals surface area contributed by atoms with Gasteiger partial charge in [0.05, 0.1) is 6.61 Å². The molecule has 0 bridgehead atoms. The van der Waals surface area contributed by atoms with Gasteiger partial charge in [-0.1, -0.05) is 0 Å². The van der Waals surface area contributed by atoms with E-state index in [0.29, 0.717) is 26.0 Å². The second-order valence-electron chi connectivity index (χ2n) is 5.54. The first-order valence-electron chi connectivity index (χ1n) is 6.92. The number of nitrogens with zero attached hydrogens (tertiary/aromatic N) is 1. The number of piperidine rings is 1. The highest BCUT2D eigenvalue weighted by Crippen LogP contribution is 2.26. The summed E-state index contributed by atoms with van der Waals surface area (Å²) in [6.45, 7) is 1.48. The Morgan fingerprint density at radius 2 is 2.21 bits per heavy atom. The molecular formula is C13H22N2O4. The zero-order valence-electron chi connectivity index (χ0n) is 11.1. The lowest BCUT2D eigenvalue weighted by molar-refractivity contribution is -0.143. The van der Waals surface area contributed by atoms with E-state index < -0.39 is 11.5 Å². The second kappa shape index (κ2) is 5.88. The molecule has 0 aliphatic carbocycles. The van der Waals surface area contributed by atoms with Crippen molar-refractivity contribution in [1.29, 1.82) is 0 Å². The minimum absolute atomic E-state index is 0.0124. The van der Waals surface area contributed by atoms with Gasteiger partial charge in [-0.25, -0.2) is 0 Å². The number of likely N-dealkylation sites (tertiary alicyclic amines) is 1. The third kappa shape index (κ3) is 3.25. The monoisotopic (exact) mass is 270 g/mol. The highest BCUT2D eigenvalue weighted by molar-refractivity contribution is 5.87. The highest BCUT2D eigenvalue weighted by atomic mass is 16.5. The third-order valence-electron chi connectivity index (χ3n) is 4.06. The molecule has 108 valence electrons. The van der Waals surface area contributed by atoms with Crippen LogP contribution in [0.25, 0.3) is 0 Å². The number of carboxylic acid groups (broad SMARTS) is 1. The standard InChI is InChI=1S/C13H22N2O4/c14-13(6-8-19-9-13)12(18)15-7-2-1-3-10(15)4-5-11(16)17/h10H,1-9,14H2,(H,16,17). The summed E-state index contributed by atoms with van der Waals surface area (Å²) in [5.41, 5.74) is 5.22. The van der Waals surface area contributed by atoms with Crippen molar-refractivity contribution in [3.05, 3.63) is 0 Å². The maximum absolute atomic E-state index is 12.6. The van der Waals surface area contributed by atoms with Gasteiger partial charge in [0.15, 0.2) is 0 Å². The number of hydrogen-bond donors (Lipinski definition) is 2. The van der Waals surface area contributed by atoms with E-state index in [0.717, 1.165) is 19.3 Å². The maximum atomic E-state index is 12.6. The molecule has 2 aliphatic rings. The van der Waals surface area contributed by atoms with Crippen molar-refractivity contribution in [2.75, 3.05) is 19.8 Å². The quantitative estimate of drug-likeness (QED) is 0.769. The second-order valence-corrected chi connectivity index (χ2v) is 5.54. The molecule has 2 unspecified atom stereocenters. The minimum Gasteiger partial charge on any atom is -0.481 e. The van der Waals surface area contributed by atoms with Crippen LogP contribution in [0.1, 0.15) is 38.5 Å². The van der Waals surface area contributed by atoms with Crippen LogP contribution >= 0.6 is 0 Å². The van der Waals surface area contributed by atoms with Gasteiger partial charge >= 0.3 is 5.97 Å². The van der Waals surface area contributed by atoms with Gasteiger partial charge in [-0.15, -0.1) is 0 Å². The van der Waals surface area contributed by atoms with Gasteiger partial charge < -0.3 is 20.5 Å². The van der Waals surface area contributed by atoms with Gasteiger partial charge in [0, 0.05) is 25.6 Å². The number of amides is 1. The van der Waals surface area contributed by atoms with Crippen LogP contribution in [0.5, 0.6) is 0 Å². The van der Waals surface area contributed by atoms with E-state index >= 15 is 0 Å². The molecule has 0 radical (unpaired) electrons. The summed E-state index contributed by atoms with van der Waals surface area (Å²) in [5, 5.41) is 8.78. The van der Waals surface area contributed by atoms with Crippen molar-refractivity contribution >= 4 is 11.9 Å². The Hall–Kier alpha value is -1.14. The van der Waals surface area contributed by atoms with Crippen LogP contribution in [0.3, 0.4) is 0 Å². The molecule has 2 saturated heterocycles. The molecule has 0 spiro atoms. The normalized spacial score (nSPS) is 31.4. The van der Waals surface area contributed by atoms with Gasteiger partial charge in [-0.2, -0.15) is 0 Å². The average Bonchev–Trinajstić information content (AvgIpc) is 2.84. The summed E-state index contributed by atoms with van der Waals surface area (Å²) in [4.78, 5) is 25.0. The zero-order valence-corrected chi connectivity index (χ0v) is 11.1. The fourth-order valence-corrected chi connectivity index (χ4v) is 2.89. The SMILES string of the molecule is NC1(C(=O)N2CCCCC2CCC(=O)O)CCOC1. The Morgan fingerprint density at radius 1 is 1.42 bits per heavy atom. The van der Waals surface area contributed by atoms with Crippen molar-refractivity contribution in [3.8, 4) is 0 Å². The fourth-order valence-electron chi connectivity index (χ4n) is 2.89. The number of rotatable bonds is 4. The van der Waals surface area contributed by atoms with Crippen molar-refractivity contribution in [2.24, 2.45) is 5.73 Å². The molecule has 2 aliphatic heterocycles. The van der Waals surface area contributed by atoms with Crippen LogP contribution in [-0.2, 0) is 14.3 Å². The lowest BCUT2D eigenvalue weighted by Crippen LogP contribution is -2.59. The number of carbonyl (C=O) groups is 2. The van der Waals surface area contributed by atoms with E-state index in [1.807, 2.05) is 0 Å². The van der Waals surface area contributed by atoms with E-state index in [9.17, 15) is 9.59 Å². The molecular weight excluding hydrogens is 248 g/mol. The summed E-state index contributed by atoms with van der Waals surface area (Å²) >= 11 is 0. The Kier molecular flexibility index (Phi) is 4.42. The van der Waals surface area contributed by atoms with Crippen molar-refractivity contribution in [2.45, 2.75) is 50.1 Å². The first-order chi connectivity index (χ1) is 9.03. The van der Waals surface area contributed by atoms with Crippen LogP contribution in [0.15, 0.2) is 0 Å². The first kappa shape index (κ1) is 14.3. The predicted octanol–water partition coefficient (Wildman–Crippen LogP) is 0.350. The maximum Gasteiger partial charge on any atom is 0.303 e. The molecule has 0 aromatic rings. The Bertz CT molecular complexity index is 353. The molecule has 6 heteroatoms. The Morgan fingerprint density at radius 3 is 2.84 bits per heavy atom. The number of carbonyl (C=O) groups excluding carboxylic acids is 1. The minimum atomic E-state index is -0.904. The predicted molar refractivity (Wildman–Crippen MR) is 68.6 cm³/mol. The number of carboxylic acids is 1. The van der Waals surface area contributed by atoms with E-state index in [1.54, 1.807) is 4.90 Å². The molecule has 0 aromatic heterocycles. The number of ether oxygens (including phenoxy) is 1. The average molecular weight is 270 g/mol. The van der Waals surface area contributed by atoms with E-state index in [-0.39, 0.29) is 25.0 Å². The molecule has 1 amide bonds. The van der Waals surface area contributed by atoms with E-state index in [1.165, 1.54) is 0 Å². The van der Waals surface area contributed by atoms with E-state index in [4.69, 9.17) is 15.6 Å². The van der Waals surface area contributed by atoms with Gasteiger partial charge in [-0.3, -0.25) is 9.59 Å². The summed E-state index contributed by atoms with van der Waals surface area (Å²) in [6.07, 6.45) is 4.04. The van der Waals surface area contributed by atoms with Gasteiger partial charge in [-0.05, 0) is 32.1 Å². The van der Waals surface area contributed by atoms with Crippen LogP contribution in [-0.4, -0.2) is 53.2 Å². The topological polar surface area (TPSA) is 92.9 Å². The zero-order chi connectivity index (χ0) is 13.9. The molecule has 2 atom stereocenters. The van der Waals surface area contributed by atoms with Crippen LogP contribution in [0.2, 0.25) is 0 Å². The highest BCUT2D eigenvalue weighted by Gasteiger charge is 2.43. The van der Waals surface area contributed by atoms with Crippen LogP contribution < -0.4 is 5.73 Å².